The second-order valence-electron chi connectivity index (χ2n) is 3.53. The Labute approximate surface area is 78.9 Å². The lowest BCUT2D eigenvalue weighted by Crippen LogP contribution is -3.05. The summed E-state index contributed by atoms with van der Waals surface area (Å²) in [6.07, 6.45) is 4.18. The first-order valence-electron chi connectivity index (χ1n) is 4.65. The molecule has 0 aromatic heterocycles. The van der Waals surface area contributed by atoms with Crippen molar-refractivity contribution < 1.29 is 4.90 Å². The molecule has 0 amide bonds. The monoisotopic (exact) mass is 175 g/mol. The maximum atomic E-state index is 3.19. The molecule has 0 radical (unpaired) electrons. The summed E-state index contributed by atoms with van der Waals surface area (Å²) in [5, 5.41) is 3.19. The molecule has 1 heterocycles. The van der Waals surface area contributed by atoms with Crippen LogP contribution in [0.25, 0.3) is 0 Å². The van der Waals surface area contributed by atoms with Gasteiger partial charge >= 0.3 is 0 Å². The van der Waals surface area contributed by atoms with Crippen LogP contribution in [-0.2, 0) is 6.54 Å². The summed E-state index contributed by atoms with van der Waals surface area (Å²) in [5.74, 6) is 0. The standard InChI is InChI=1S/C11H14N2/c1-10-2-4-11(5-3-10)8-13-7-6-12-9-13/h2-7,12H,8-9H2,1H3/p+1. The first-order valence-corrected chi connectivity index (χ1v) is 4.65. The van der Waals surface area contributed by atoms with Crippen molar-refractivity contribution in [2.75, 3.05) is 6.67 Å². The fraction of sp³-hybridized carbons (Fsp3) is 0.273. The molecule has 0 saturated carbocycles. The van der Waals surface area contributed by atoms with E-state index in [1.165, 1.54) is 16.0 Å². The molecule has 0 fully saturated rings. The zero-order chi connectivity index (χ0) is 9.10. The van der Waals surface area contributed by atoms with Gasteiger partial charge in [0, 0.05) is 5.56 Å². The molecule has 2 heteroatoms. The molecule has 1 aromatic carbocycles. The van der Waals surface area contributed by atoms with Crippen LogP contribution in [-0.4, -0.2) is 6.67 Å². The van der Waals surface area contributed by atoms with E-state index in [4.69, 9.17) is 0 Å². The fourth-order valence-electron chi connectivity index (χ4n) is 1.52. The zero-order valence-electron chi connectivity index (χ0n) is 7.88. The van der Waals surface area contributed by atoms with Crippen LogP contribution < -0.4 is 10.2 Å². The molecule has 68 valence electrons. The number of hydrogen-bond donors (Lipinski definition) is 2. The van der Waals surface area contributed by atoms with E-state index in [-0.39, 0.29) is 0 Å². The Morgan fingerprint density at radius 1 is 1.31 bits per heavy atom. The van der Waals surface area contributed by atoms with Crippen LogP contribution in [0.2, 0.25) is 0 Å². The van der Waals surface area contributed by atoms with Crippen molar-refractivity contribution in [3.05, 3.63) is 47.8 Å². The Morgan fingerprint density at radius 2 is 2.08 bits per heavy atom. The number of aryl methyl sites for hydroxylation is 1. The van der Waals surface area contributed by atoms with Crippen LogP contribution in [0, 0.1) is 6.92 Å². The second kappa shape index (κ2) is 3.62. The third kappa shape index (κ3) is 2.10. The molecule has 1 unspecified atom stereocenters. The quantitative estimate of drug-likeness (QED) is 0.665. The molecule has 1 aromatic rings. The Morgan fingerprint density at radius 3 is 2.69 bits per heavy atom. The SMILES string of the molecule is Cc1ccc(C[NH+]2C=CNC2)cc1. The van der Waals surface area contributed by atoms with Crippen molar-refractivity contribution in [2.45, 2.75) is 13.5 Å². The van der Waals surface area contributed by atoms with Gasteiger partial charge in [0.1, 0.15) is 12.7 Å². The van der Waals surface area contributed by atoms with E-state index in [1.807, 2.05) is 6.20 Å². The summed E-state index contributed by atoms with van der Waals surface area (Å²) in [6.45, 7) is 4.20. The first-order chi connectivity index (χ1) is 6.34. The fourth-order valence-corrected chi connectivity index (χ4v) is 1.52. The third-order valence-electron chi connectivity index (χ3n) is 2.32. The van der Waals surface area contributed by atoms with E-state index in [0.29, 0.717) is 0 Å². The van der Waals surface area contributed by atoms with Crippen molar-refractivity contribution >= 4 is 0 Å². The van der Waals surface area contributed by atoms with Gasteiger partial charge in [-0.2, -0.15) is 0 Å². The van der Waals surface area contributed by atoms with Crippen molar-refractivity contribution in [3.63, 3.8) is 0 Å². The maximum absolute atomic E-state index is 3.19. The number of benzene rings is 1. The molecule has 2 nitrogen and oxygen atoms in total. The van der Waals surface area contributed by atoms with Gasteiger partial charge in [0.25, 0.3) is 0 Å². The van der Waals surface area contributed by atoms with Crippen LogP contribution in [0.15, 0.2) is 36.7 Å². The molecule has 1 aliphatic heterocycles. The van der Waals surface area contributed by atoms with Gasteiger partial charge in [0.05, 0.1) is 6.20 Å². The normalized spacial score (nSPS) is 20.2. The Hall–Kier alpha value is -1.28. The average molecular weight is 175 g/mol. The lowest BCUT2D eigenvalue weighted by molar-refractivity contribution is -0.857. The molecule has 2 N–H and O–H groups in total. The molecule has 0 saturated heterocycles. The van der Waals surface area contributed by atoms with Crippen LogP contribution in [0.1, 0.15) is 11.1 Å². The zero-order valence-corrected chi connectivity index (χ0v) is 7.88. The lowest BCUT2D eigenvalue weighted by Gasteiger charge is -2.08. The summed E-state index contributed by atoms with van der Waals surface area (Å²) >= 11 is 0. The van der Waals surface area contributed by atoms with Gasteiger partial charge in [-0.15, -0.1) is 0 Å². The molecule has 2 rings (SSSR count). The van der Waals surface area contributed by atoms with E-state index in [9.17, 15) is 0 Å². The number of hydrogen-bond acceptors (Lipinski definition) is 1. The molecular weight excluding hydrogens is 160 g/mol. The molecule has 0 spiro atoms. The predicted molar refractivity (Wildman–Crippen MR) is 53.0 cm³/mol. The van der Waals surface area contributed by atoms with Crippen molar-refractivity contribution in [1.29, 1.82) is 0 Å². The number of nitrogens with one attached hydrogen (secondary N) is 2. The second-order valence-corrected chi connectivity index (χ2v) is 3.53. The largest absolute Gasteiger partial charge is 0.340 e. The van der Waals surface area contributed by atoms with E-state index >= 15 is 0 Å². The highest BCUT2D eigenvalue weighted by Gasteiger charge is 2.08. The summed E-state index contributed by atoms with van der Waals surface area (Å²) in [6, 6.07) is 8.74. The average Bonchev–Trinajstić information content (AvgIpc) is 2.62. The van der Waals surface area contributed by atoms with Crippen molar-refractivity contribution in [3.8, 4) is 0 Å². The van der Waals surface area contributed by atoms with Gasteiger partial charge in [-0.25, -0.2) is 0 Å². The highest BCUT2D eigenvalue weighted by Crippen LogP contribution is 2.01. The third-order valence-corrected chi connectivity index (χ3v) is 2.32. The minimum atomic E-state index is 1.01. The van der Waals surface area contributed by atoms with E-state index in [2.05, 4.69) is 42.7 Å². The highest BCUT2D eigenvalue weighted by molar-refractivity contribution is 5.20. The Bertz CT molecular complexity index is 300. The molecule has 0 aliphatic carbocycles. The van der Waals surface area contributed by atoms with Crippen LogP contribution in [0.5, 0.6) is 0 Å². The highest BCUT2D eigenvalue weighted by atomic mass is 15.2. The molecule has 1 aliphatic rings. The molecule has 0 bridgehead atoms. The molecule has 1 atom stereocenters. The molecular formula is C11H15N2+. The summed E-state index contributed by atoms with van der Waals surface area (Å²) in [4.78, 5) is 1.46. The summed E-state index contributed by atoms with van der Waals surface area (Å²) in [7, 11) is 0. The van der Waals surface area contributed by atoms with Crippen LogP contribution in [0.3, 0.4) is 0 Å². The number of quaternary nitrogens is 1. The van der Waals surface area contributed by atoms with Gasteiger partial charge in [0.2, 0.25) is 0 Å². The van der Waals surface area contributed by atoms with Gasteiger partial charge in [0.15, 0.2) is 6.67 Å². The van der Waals surface area contributed by atoms with E-state index in [0.717, 1.165) is 13.2 Å². The smallest absolute Gasteiger partial charge is 0.154 e. The van der Waals surface area contributed by atoms with E-state index in [1.54, 1.807) is 0 Å². The minimum absolute atomic E-state index is 1.01. The van der Waals surface area contributed by atoms with Gasteiger partial charge in [-0.1, -0.05) is 29.8 Å². The van der Waals surface area contributed by atoms with Gasteiger partial charge in [-0.3, -0.25) is 4.90 Å². The Kier molecular flexibility index (Phi) is 2.32. The van der Waals surface area contributed by atoms with Gasteiger partial charge in [-0.05, 0) is 6.92 Å². The van der Waals surface area contributed by atoms with E-state index < -0.39 is 0 Å². The Balaban J connectivity index is 2.01. The molecule has 13 heavy (non-hydrogen) atoms. The summed E-state index contributed by atoms with van der Waals surface area (Å²) in [5.41, 5.74) is 2.72. The van der Waals surface area contributed by atoms with Crippen molar-refractivity contribution in [2.24, 2.45) is 0 Å². The lowest BCUT2D eigenvalue weighted by atomic mass is 10.1. The van der Waals surface area contributed by atoms with Crippen LogP contribution in [0.4, 0.5) is 0 Å². The van der Waals surface area contributed by atoms with Crippen LogP contribution >= 0.6 is 0 Å². The number of rotatable bonds is 2. The van der Waals surface area contributed by atoms with Gasteiger partial charge < -0.3 is 5.32 Å². The first kappa shape index (κ1) is 8.32. The summed E-state index contributed by atoms with van der Waals surface area (Å²) < 4.78 is 0. The van der Waals surface area contributed by atoms with Crippen molar-refractivity contribution in [1.82, 2.24) is 5.32 Å². The topological polar surface area (TPSA) is 16.5 Å². The predicted octanol–water partition coefficient (Wildman–Crippen LogP) is 0.412. The minimum Gasteiger partial charge on any atom is -0.340 e. The maximum Gasteiger partial charge on any atom is 0.154 e.